The summed E-state index contributed by atoms with van der Waals surface area (Å²) in [5.74, 6) is -0.673. The molecule has 2 rings (SSSR count). The molecule has 0 aliphatic rings. The average molecular weight is 374 g/mol. The van der Waals surface area contributed by atoms with Crippen molar-refractivity contribution in [2.75, 3.05) is 0 Å². The third-order valence-corrected chi connectivity index (χ3v) is 3.42. The molecule has 0 spiro atoms. The van der Waals surface area contributed by atoms with Crippen LogP contribution in [0.25, 0.3) is 0 Å². The lowest BCUT2D eigenvalue weighted by atomic mass is 10.2. The first-order valence-electron chi connectivity index (χ1n) is 6.39. The molecule has 5 nitrogen and oxygen atoms in total. The van der Waals surface area contributed by atoms with Crippen LogP contribution in [-0.2, 0) is 13.6 Å². The number of halogens is 3. The molecule has 0 bridgehead atoms. The topological polar surface area (TPSA) is 56.1 Å². The minimum Gasteiger partial charge on any atom is -0.434 e. The van der Waals surface area contributed by atoms with Crippen molar-refractivity contribution in [3.63, 3.8) is 0 Å². The Labute approximate surface area is 134 Å². The van der Waals surface area contributed by atoms with Crippen LogP contribution >= 0.6 is 15.9 Å². The summed E-state index contributed by atoms with van der Waals surface area (Å²) < 4.78 is 31.4. The summed E-state index contributed by atoms with van der Waals surface area (Å²) in [6.07, 6.45) is 0. The van der Waals surface area contributed by atoms with Gasteiger partial charge in [-0.25, -0.2) is 0 Å². The van der Waals surface area contributed by atoms with Crippen LogP contribution in [0.4, 0.5) is 8.78 Å². The number of ether oxygens (including phenoxy) is 1. The number of benzene rings is 1. The van der Waals surface area contributed by atoms with Crippen molar-refractivity contribution < 1.29 is 18.3 Å². The van der Waals surface area contributed by atoms with Crippen molar-refractivity contribution in [3.8, 4) is 5.75 Å². The molecule has 0 fully saturated rings. The molecule has 0 atom stereocenters. The molecule has 0 saturated carbocycles. The smallest absolute Gasteiger partial charge is 0.387 e. The van der Waals surface area contributed by atoms with Gasteiger partial charge in [-0.15, -0.1) is 0 Å². The molecule has 8 heteroatoms. The molecule has 0 aliphatic carbocycles. The fourth-order valence-corrected chi connectivity index (χ4v) is 2.34. The summed E-state index contributed by atoms with van der Waals surface area (Å²) in [5.41, 5.74) is 1.67. The summed E-state index contributed by atoms with van der Waals surface area (Å²) >= 11 is 3.20. The number of carbonyl (C=O) groups excluding carboxylic acids is 1. The van der Waals surface area contributed by atoms with E-state index >= 15 is 0 Å². The highest BCUT2D eigenvalue weighted by atomic mass is 79.9. The molecule has 0 radical (unpaired) electrons. The van der Waals surface area contributed by atoms with Crippen molar-refractivity contribution in [1.82, 2.24) is 15.1 Å². The van der Waals surface area contributed by atoms with E-state index in [4.69, 9.17) is 0 Å². The molecule has 1 aromatic heterocycles. The molecule has 0 unspecified atom stereocenters. The second-order valence-corrected chi connectivity index (χ2v) is 5.52. The standard InChI is InChI=1S/C14H14BrF2N3O2/c1-8-5-10(20(2)19-8)7-18-13(21)11-6-9(15)3-4-12(11)22-14(16)17/h3-6,14H,7H2,1-2H3,(H,18,21). The van der Waals surface area contributed by atoms with Gasteiger partial charge in [0.25, 0.3) is 5.91 Å². The number of hydrogen-bond donors (Lipinski definition) is 1. The minimum absolute atomic E-state index is 0.0357. The Morgan fingerprint density at radius 2 is 2.18 bits per heavy atom. The monoisotopic (exact) mass is 373 g/mol. The highest BCUT2D eigenvalue weighted by Crippen LogP contribution is 2.24. The SMILES string of the molecule is Cc1cc(CNC(=O)c2cc(Br)ccc2OC(F)F)n(C)n1. The molecule has 0 saturated heterocycles. The maximum absolute atomic E-state index is 12.4. The van der Waals surface area contributed by atoms with Gasteiger partial charge in [0.2, 0.25) is 0 Å². The van der Waals surface area contributed by atoms with Gasteiger partial charge in [0.05, 0.1) is 23.5 Å². The number of nitrogens with one attached hydrogen (secondary N) is 1. The largest absolute Gasteiger partial charge is 0.434 e. The van der Waals surface area contributed by atoms with E-state index in [1.165, 1.54) is 18.2 Å². The normalized spacial score (nSPS) is 10.8. The second-order valence-electron chi connectivity index (χ2n) is 4.60. The maximum Gasteiger partial charge on any atom is 0.387 e. The molecule has 1 N–H and O–H groups in total. The van der Waals surface area contributed by atoms with Crippen molar-refractivity contribution in [1.29, 1.82) is 0 Å². The van der Waals surface area contributed by atoms with Crippen LogP contribution in [0.5, 0.6) is 5.75 Å². The Kier molecular flexibility index (Phi) is 5.12. The van der Waals surface area contributed by atoms with Crippen LogP contribution in [0.1, 0.15) is 21.7 Å². The van der Waals surface area contributed by atoms with Gasteiger partial charge in [0, 0.05) is 11.5 Å². The van der Waals surface area contributed by atoms with Gasteiger partial charge in [-0.05, 0) is 31.2 Å². The maximum atomic E-state index is 12.4. The van der Waals surface area contributed by atoms with Crippen LogP contribution in [-0.4, -0.2) is 22.3 Å². The van der Waals surface area contributed by atoms with E-state index in [0.29, 0.717) is 4.47 Å². The zero-order valence-corrected chi connectivity index (χ0v) is 13.5. The van der Waals surface area contributed by atoms with Crippen molar-refractivity contribution in [2.45, 2.75) is 20.1 Å². The molecular weight excluding hydrogens is 360 g/mol. The summed E-state index contributed by atoms with van der Waals surface area (Å²) in [6, 6.07) is 6.11. The molecule has 118 valence electrons. The summed E-state index contributed by atoms with van der Waals surface area (Å²) in [4.78, 5) is 12.2. The fraction of sp³-hybridized carbons (Fsp3) is 0.286. The van der Waals surface area contributed by atoms with E-state index in [1.54, 1.807) is 11.7 Å². The third-order valence-electron chi connectivity index (χ3n) is 2.93. The summed E-state index contributed by atoms with van der Waals surface area (Å²) in [5, 5.41) is 6.83. The molecule has 0 aliphatic heterocycles. The van der Waals surface area contributed by atoms with E-state index in [9.17, 15) is 13.6 Å². The Morgan fingerprint density at radius 1 is 1.45 bits per heavy atom. The zero-order chi connectivity index (χ0) is 16.3. The predicted molar refractivity (Wildman–Crippen MR) is 79.9 cm³/mol. The molecule has 1 aromatic carbocycles. The molecule has 1 heterocycles. The Bertz CT molecular complexity index is 689. The number of amides is 1. The van der Waals surface area contributed by atoms with Gasteiger partial charge in [-0.2, -0.15) is 13.9 Å². The van der Waals surface area contributed by atoms with Crippen molar-refractivity contribution in [2.24, 2.45) is 7.05 Å². The number of nitrogens with zero attached hydrogens (tertiary/aromatic N) is 2. The second kappa shape index (κ2) is 6.87. The van der Waals surface area contributed by atoms with Crippen molar-refractivity contribution >= 4 is 21.8 Å². The van der Waals surface area contributed by atoms with Gasteiger partial charge < -0.3 is 10.1 Å². The highest BCUT2D eigenvalue weighted by molar-refractivity contribution is 9.10. The number of hydrogen-bond acceptors (Lipinski definition) is 3. The Morgan fingerprint density at radius 3 is 2.77 bits per heavy atom. The van der Waals surface area contributed by atoms with Gasteiger partial charge in [-0.1, -0.05) is 15.9 Å². The first kappa shape index (κ1) is 16.4. The third kappa shape index (κ3) is 4.03. The molecule has 22 heavy (non-hydrogen) atoms. The predicted octanol–water partition coefficient (Wildman–Crippen LogP) is 3.02. The van der Waals surface area contributed by atoms with E-state index in [-0.39, 0.29) is 17.9 Å². The Balaban J connectivity index is 2.14. The molecular formula is C14H14BrF2N3O2. The van der Waals surface area contributed by atoms with Crippen molar-refractivity contribution in [3.05, 3.63) is 45.7 Å². The van der Waals surface area contributed by atoms with Gasteiger partial charge in [0.1, 0.15) is 5.75 Å². The van der Waals surface area contributed by atoms with Crippen LogP contribution in [0.2, 0.25) is 0 Å². The number of carbonyl (C=O) groups is 1. The van der Waals surface area contributed by atoms with E-state index in [2.05, 4.69) is 31.1 Å². The average Bonchev–Trinajstić information content (AvgIpc) is 2.76. The summed E-state index contributed by atoms with van der Waals surface area (Å²) in [7, 11) is 1.76. The van der Waals surface area contributed by atoms with Crippen LogP contribution in [0.3, 0.4) is 0 Å². The quantitative estimate of drug-likeness (QED) is 0.876. The number of alkyl halides is 2. The van der Waals surface area contributed by atoms with Gasteiger partial charge >= 0.3 is 6.61 Å². The lowest BCUT2D eigenvalue weighted by molar-refractivity contribution is -0.0501. The molecule has 1 amide bonds. The zero-order valence-electron chi connectivity index (χ0n) is 11.9. The molecule has 2 aromatic rings. The Hall–Kier alpha value is -1.96. The minimum atomic E-state index is -2.99. The van der Waals surface area contributed by atoms with Gasteiger partial charge in [-0.3, -0.25) is 9.48 Å². The highest BCUT2D eigenvalue weighted by Gasteiger charge is 2.16. The first-order chi connectivity index (χ1) is 10.4. The number of aryl methyl sites for hydroxylation is 2. The summed E-state index contributed by atoms with van der Waals surface area (Å²) in [6.45, 7) is -0.919. The van der Waals surface area contributed by atoms with Crippen LogP contribution in [0, 0.1) is 6.92 Å². The van der Waals surface area contributed by atoms with Gasteiger partial charge in [0.15, 0.2) is 0 Å². The van der Waals surface area contributed by atoms with E-state index in [1.807, 2.05) is 13.0 Å². The number of aromatic nitrogens is 2. The van der Waals surface area contributed by atoms with E-state index in [0.717, 1.165) is 11.4 Å². The fourth-order valence-electron chi connectivity index (χ4n) is 1.97. The lowest BCUT2D eigenvalue weighted by Gasteiger charge is -2.11. The van der Waals surface area contributed by atoms with E-state index < -0.39 is 12.5 Å². The number of rotatable bonds is 5. The van der Waals surface area contributed by atoms with Crippen LogP contribution in [0.15, 0.2) is 28.7 Å². The first-order valence-corrected chi connectivity index (χ1v) is 7.18. The lowest BCUT2D eigenvalue weighted by Crippen LogP contribution is -2.25. The van der Waals surface area contributed by atoms with Crippen LogP contribution < -0.4 is 10.1 Å².